The van der Waals surface area contributed by atoms with Crippen LogP contribution in [0, 0.1) is 0 Å². The van der Waals surface area contributed by atoms with Gasteiger partial charge in [0, 0.05) is 43.8 Å². The van der Waals surface area contributed by atoms with Crippen LogP contribution in [0.15, 0.2) is 197 Å². The van der Waals surface area contributed by atoms with Crippen LogP contribution in [-0.2, 0) is 0 Å². The molecule has 0 aliphatic carbocycles. The highest BCUT2D eigenvalue weighted by atomic mass is 16.3. The molecule has 0 saturated carbocycles. The van der Waals surface area contributed by atoms with Crippen LogP contribution in [-0.4, -0.2) is 15.0 Å². The zero-order chi connectivity index (χ0) is 37.0. The maximum atomic E-state index is 6.43. The van der Waals surface area contributed by atoms with E-state index in [-0.39, 0.29) is 0 Å². The topological polar surface area (TPSA) is 65.0 Å². The van der Waals surface area contributed by atoms with Gasteiger partial charge in [-0.3, -0.25) is 0 Å². The van der Waals surface area contributed by atoms with Crippen molar-refractivity contribution in [2.75, 3.05) is 0 Å². The fourth-order valence-corrected chi connectivity index (χ4v) is 7.86. The third-order valence-electron chi connectivity index (χ3n) is 10.5. The van der Waals surface area contributed by atoms with Crippen molar-refractivity contribution in [3.05, 3.63) is 188 Å². The highest BCUT2D eigenvalue weighted by molar-refractivity contribution is 6.08. The Morgan fingerprint density at radius 3 is 1.48 bits per heavy atom. The standard InChI is InChI=1S/C51H31N3O2/c1-4-14-32(15-5-1)37-29-41(35-24-26-40-38-20-10-12-22-44(38)56-47(40)31-35)48(33-16-6-2-7-17-33)43(30-37)51-53-49(34-18-8-3-9-19-34)52-50(54-51)36-25-27-46-42(28-36)39-21-11-13-23-45(39)55-46/h1-31H. The van der Waals surface area contributed by atoms with Gasteiger partial charge in [0.25, 0.3) is 0 Å². The lowest BCUT2D eigenvalue weighted by atomic mass is 9.86. The van der Waals surface area contributed by atoms with Crippen LogP contribution < -0.4 is 0 Å². The van der Waals surface area contributed by atoms with Crippen molar-refractivity contribution in [1.82, 2.24) is 15.0 Å². The van der Waals surface area contributed by atoms with Crippen molar-refractivity contribution in [3.8, 4) is 67.5 Å². The smallest absolute Gasteiger partial charge is 0.164 e. The molecule has 3 heterocycles. The van der Waals surface area contributed by atoms with Gasteiger partial charge in [-0.1, -0.05) is 133 Å². The van der Waals surface area contributed by atoms with Crippen molar-refractivity contribution < 1.29 is 8.83 Å². The Labute approximate surface area is 322 Å². The number of aromatic nitrogens is 3. The summed E-state index contributed by atoms with van der Waals surface area (Å²) in [6.45, 7) is 0. The van der Waals surface area contributed by atoms with Crippen LogP contribution in [0.4, 0.5) is 0 Å². The van der Waals surface area contributed by atoms with E-state index >= 15 is 0 Å². The Morgan fingerprint density at radius 1 is 0.268 bits per heavy atom. The van der Waals surface area contributed by atoms with E-state index in [9.17, 15) is 0 Å². The largest absolute Gasteiger partial charge is 0.456 e. The summed E-state index contributed by atoms with van der Waals surface area (Å²) in [4.78, 5) is 15.7. The van der Waals surface area contributed by atoms with Gasteiger partial charge in [-0.2, -0.15) is 0 Å². The van der Waals surface area contributed by atoms with Crippen LogP contribution in [0.5, 0.6) is 0 Å². The molecule has 0 N–H and O–H groups in total. The van der Waals surface area contributed by atoms with Gasteiger partial charge in [0.05, 0.1) is 0 Å². The summed E-state index contributed by atoms with van der Waals surface area (Å²) in [5.41, 5.74) is 12.3. The van der Waals surface area contributed by atoms with Gasteiger partial charge < -0.3 is 8.83 Å². The minimum Gasteiger partial charge on any atom is -0.456 e. The van der Waals surface area contributed by atoms with Gasteiger partial charge in [0.15, 0.2) is 17.5 Å². The van der Waals surface area contributed by atoms with E-state index in [1.54, 1.807) is 0 Å². The molecule has 0 saturated heterocycles. The van der Waals surface area contributed by atoms with Gasteiger partial charge in [-0.05, 0) is 82.4 Å². The molecule has 3 aromatic heterocycles. The van der Waals surface area contributed by atoms with Gasteiger partial charge in [0.1, 0.15) is 22.3 Å². The Morgan fingerprint density at radius 2 is 0.768 bits per heavy atom. The fourth-order valence-electron chi connectivity index (χ4n) is 7.86. The summed E-state index contributed by atoms with van der Waals surface area (Å²) in [5.74, 6) is 1.75. The molecule has 0 fully saturated rings. The average molecular weight is 718 g/mol. The maximum absolute atomic E-state index is 6.43. The SMILES string of the molecule is c1ccc(-c2cc(-c3ccc4c(c3)oc3ccccc34)c(-c3ccccc3)c(-c3nc(-c4ccccc4)nc(-c4ccc5oc6ccccc6c5c4)n3)c2)cc1. The lowest BCUT2D eigenvalue weighted by Gasteiger charge is -2.19. The molecule has 11 aromatic rings. The highest BCUT2D eigenvalue weighted by Crippen LogP contribution is 2.44. The zero-order valence-corrected chi connectivity index (χ0v) is 30.1. The minimum atomic E-state index is 0.578. The third kappa shape index (κ3) is 5.45. The quantitative estimate of drug-likeness (QED) is 0.171. The number of fused-ring (bicyclic) bond motifs is 6. The van der Waals surface area contributed by atoms with Crippen molar-refractivity contribution in [1.29, 1.82) is 0 Å². The molecule has 262 valence electrons. The molecular weight excluding hydrogens is 687 g/mol. The molecule has 0 unspecified atom stereocenters. The van der Waals surface area contributed by atoms with Crippen molar-refractivity contribution >= 4 is 43.9 Å². The lowest BCUT2D eigenvalue weighted by Crippen LogP contribution is -2.02. The van der Waals surface area contributed by atoms with Crippen molar-refractivity contribution in [2.24, 2.45) is 0 Å². The van der Waals surface area contributed by atoms with E-state index in [1.165, 1.54) is 0 Å². The molecule has 0 atom stereocenters. The Balaban J connectivity index is 1.21. The normalized spacial score (nSPS) is 11.6. The Bertz CT molecular complexity index is 3240. The van der Waals surface area contributed by atoms with Crippen LogP contribution in [0.25, 0.3) is 111 Å². The number of rotatable bonds is 6. The first-order valence-corrected chi connectivity index (χ1v) is 18.7. The van der Waals surface area contributed by atoms with E-state index in [0.717, 1.165) is 93.9 Å². The number of nitrogens with zero attached hydrogens (tertiary/aromatic N) is 3. The first-order chi connectivity index (χ1) is 27.7. The van der Waals surface area contributed by atoms with Gasteiger partial charge in [0.2, 0.25) is 0 Å². The van der Waals surface area contributed by atoms with E-state index in [1.807, 2.05) is 84.9 Å². The van der Waals surface area contributed by atoms with E-state index in [4.69, 9.17) is 23.8 Å². The molecule has 0 spiro atoms. The van der Waals surface area contributed by atoms with E-state index in [2.05, 4.69) is 103 Å². The number of benzene rings is 8. The molecule has 5 heteroatoms. The molecule has 5 nitrogen and oxygen atoms in total. The number of hydrogen-bond acceptors (Lipinski definition) is 5. The second-order valence-corrected chi connectivity index (χ2v) is 14.0. The maximum Gasteiger partial charge on any atom is 0.164 e. The molecule has 0 aliphatic heterocycles. The second-order valence-electron chi connectivity index (χ2n) is 14.0. The Hall–Kier alpha value is -7.63. The molecule has 0 amide bonds. The van der Waals surface area contributed by atoms with Gasteiger partial charge in [-0.25, -0.2) is 15.0 Å². The van der Waals surface area contributed by atoms with Crippen LogP contribution in [0.3, 0.4) is 0 Å². The summed E-state index contributed by atoms with van der Waals surface area (Å²) in [6, 6.07) is 64.6. The van der Waals surface area contributed by atoms with Crippen molar-refractivity contribution in [2.45, 2.75) is 0 Å². The first kappa shape index (κ1) is 31.9. The predicted molar refractivity (Wildman–Crippen MR) is 227 cm³/mol. The summed E-state index contributed by atoms with van der Waals surface area (Å²) in [5, 5.41) is 4.25. The summed E-state index contributed by atoms with van der Waals surface area (Å²) < 4.78 is 12.6. The number of hydrogen-bond donors (Lipinski definition) is 0. The summed E-state index contributed by atoms with van der Waals surface area (Å²) in [6.07, 6.45) is 0. The van der Waals surface area contributed by atoms with E-state index < -0.39 is 0 Å². The van der Waals surface area contributed by atoms with Crippen LogP contribution >= 0.6 is 0 Å². The molecule has 0 aliphatic rings. The molecular formula is C51H31N3O2. The van der Waals surface area contributed by atoms with Crippen molar-refractivity contribution in [3.63, 3.8) is 0 Å². The molecule has 0 bridgehead atoms. The van der Waals surface area contributed by atoms with Gasteiger partial charge in [-0.15, -0.1) is 0 Å². The fraction of sp³-hybridized carbons (Fsp3) is 0. The molecule has 11 rings (SSSR count). The van der Waals surface area contributed by atoms with E-state index in [0.29, 0.717) is 17.5 Å². The van der Waals surface area contributed by atoms with Crippen LogP contribution in [0.1, 0.15) is 0 Å². The number of para-hydroxylation sites is 2. The summed E-state index contributed by atoms with van der Waals surface area (Å²) >= 11 is 0. The monoisotopic (exact) mass is 717 g/mol. The predicted octanol–water partition coefficient (Wildman–Crippen LogP) is 13.7. The minimum absolute atomic E-state index is 0.578. The zero-order valence-electron chi connectivity index (χ0n) is 30.1. The number of furan rings is 2. The highest BCUT2D eigenvalue weighted by Gasteiger charge is 2.22. The van der Waals surface area contributed by atoms with Gasteiger partial charge >= 0.3 is 0 Å². The molecule has 56 heavy (non-hydrogen) atoms. The molecule has 8 aromatic carbocycles. The first-order valence-electron chi connectivity index (χ1n) is 18.7. The average Bonchev–Trinajstić information content (AvgIpc) is 3.84. The Kier molecular flexibility index (Phi) is 7.42. The second kappa shape index (κ2) is 13.0. The summed E-state index contributed by atoms with van der Waals surface area (Å²) in [7, 11) is 0. The third-order valence-corrected chi connectivity index (χ3v) is 10.5. The van der Waals surface area contributed by atoms with Crippen LogP contribution in [0.2, 0.25) is 0 Å². The molecule has 0 radical (unpaired) electrons. The lowest BCUT2D eigenvalue weighted by molar-refractivity contribution is 0.668.